The Labute approximate surface area is 169 Å². The molecule has 162 valence electrons. The van der Waals surface area contributed by atoms with Crippen LogP contribution >= 0.6 is 0 Å². The van der Waals surface area contributed by atoms with E-state index in [1.807, 2.05) is 13.8 Å². The molecule has 0 radical (unpaired) electrons. The van der Waals surface area contributed by atoms with Gasteiger partial charge in [0.1, 0.15) is 11.2 Å². The van der Waals surface area contributed by atoms with E-state index in [-0.39, 0.29) is 12.2 Å². The Morgan fingerprint density at radius 2 is 1.18 bits per heavy atom. The molecule has 0 aromatic carbocycles. The largest absolute Gasteiger partial charge is 0.451 e. The summed E-state index contributed by atoms with van der Waals surface area (Å²) >= 11 is 0. The number of hydrogen-bond donors (Lipinski definition) is 0. The Kier molecular flexibility index (Phi) is 7.91. The van der Waals surface area contributed by atoms with Gasteiger partial charge in [0.05, 0.1) is 25.4 Å². The van der Waals surface area contributed by atoms with Crippen LogP contribution in [0.3, 0.4) is 0 Å². The molecule has 2 fully saturated rings. The van der Waals surface area contributed by atoms with Crippen LogP contribution in [-0.4, -0.2) is 48.6 Å². The highest BCUT2D eigenvalue weighted by Crippen LogP contribution is 2.33. The second-order valence-corrected chi connectivity index (χ2v) is 9.83. The molecule has 0 aromatic rings. The zero-order chi connectivity index (χ0) is 20.9. The maximum atomic E-state index is 12.5. The van der Waals surface area contributed by atoms with E-state index < -0.39 is 23.1 Å². The summed E-state index contributed by atoms with van der Waals surface area (Å²) in [5, 5.41) is 0. The summed E-state index contributed by atoms with van der Waals surface area (Å²) in [5.41, 5.74) is -1.38. The molecule has 0 bridgehead atoms. The zero-order valence-corrected chi connectivity index (χ0v) is 18.4. The number of esters is 2. The predicted octanol–water partition coefficient (Wildman–Crippen LogP) is 4.04. The third kappa shape index (κ3) is 7.03. The van der Waals surface area contributed by atoms with Crippen LogP contribution in [0.15, 0.2) is 0 Å². The summed E-state index contributed by atoms with van der Waals surface area (Å²) in [4.78, 5) is 24.9. The smallest absolute Gasteiger partial charge is 0.418 e. The van der Waals surface area contributed by atoms with Crippen LogP contribution in [0.5, 0.6) is 0 Å². The normalized spacial score (nSPS) is 33.7. The van der Waals surface area contributed by atoms with Gasteiger partial charge in [0, 0.05) is 25.7 Å². The highest BCUT2D eigenvalue weighted by molar-refractivity contribution is 6.29. The first-order chi connectivity index (χ1) is 13.0. The summed E-state index contributed by atoms with van der Waals surface area (Å²) in [7, 11) is 0. The number of carbonyl (C=O) groups excluding carboxylic acids is 2. The van der Waals surface area contributed by atoms with E-state index in [0.717, 1.165) is 12.8 Å². The van der Waals surface area contributed by atoms with Gasteiger partial charge in [-0.2, -0.15) is 0 Å². The van der Waals surface area contributed by atoms with Crippen molar-refractivity contribution in [2.24, 2.45) is 11.8 Å². The third-order valence-corrected chi connectivity index (χ3v) is 5.60. The quantitative estimate of drug-likeness (QED) is 0.497. The van der Waals surface area contributed by atoms with Crippen molar-refractivity contribution in [3.05, 3.63) is 0 Å². The standard InChI is InChI=1S/C22H38O6/c1-15(2)11-17-13-21(5,7-9-25-17)27-19(23)20(24)28-22(6)8-10-26-18(14-22)12-16(3)4/h15-18H,7-14H2,1-6H3. The summed E-state index contributed by atoms with van der Waals surface area (Å²) in [6.07, 6.45) is 4.29. The fourth-order valence-electron chi connectivity index (χ4n) is 4.24. The Morgan fingerprint density at radius 3 is 1.50 bits per heavy atom. The molecule has 2 aliphatic rings. The maximum Gasteiger partial charge on any atom is 0.418 e. The highest BCUT2D eigenvalue weighted by atomic mass is 16.6. The molecule has 28 heavy (non-hydrogen) atoms. The second-order valence-electron chi connectivity index (χ2n) is 9.83. The van der Waals surface area contributed by atoms with Crippen molar-refractivity contribution < 1.29 is 28.5 Å². The van der Waals surface area contributed by atoms with Crippen LogP contribution in [0.1, 0.15) is 80.1 Å². The van der Waals surface area contributed by atoms with E-state index in [1.165, 1.54) is 0 Å². The lowest BCUT2D eigenvalue weighted by Gasteiger charge is -2.39. The van der Waals surface area contributed by atoms with Crippen LogP contribution in [0.25, 0.3) is 0 Å². The lowest BCUT2D eigenvalue weighted by atomic mass is 9.88. The van der Waals surface area contributed by atoms with Crippen LogP contribution in [-0.2, 0) is 28.5 Å². The van der Waals surface area contributed by atoms with Gasteiger partial charge in [-0.15, -0.1) is 0 Å². The topological polar surface area (TPSA) is 71.1 Å². The van der Waals surface area contributed by atoms with Crippen molar-refractivity contribution in [1.82, 2.24) is 0 Å². The van der Waals surface area contributed by atoms with Crippen LogP contribution in [0, 0.1) is 11.8 Å². The maximum absolute atomic E-state index is 12.5. The van der Waals surface area contributed by atoms with Crippen molar-refractivity contribution in [3.8, 4) is 0 Å². The first-order valence-corrected chi connectivity index (χ1v) is 10.7. The molecule has 0 aliphatic carbocycles. The SMILES string of the molecule is CC(C)CC1CC(C)(OC(=O)C(=O)OC2(C)CCOC(CC(C)C)C2)CCO1. The molecule has 0 aromatic heterocycles. The molecular formula is C22H38O6. The fraction of sp³-hybridized carbons (Fsp3) is 0.909. The molecule has 2 heterocycles. The molecular weight excluding hydrogens is 360 g/mol. The van der Waals surface area contributed by atoms with E-state index in [1.54, 1.807) is 0 Å². The van der Waals surface area contributed by atoms with Crippen LogP contribution in [0.4, 0.5) is 0 Å². The van der Waals surface area contributed by atoms with Gasteiger partial charge in [-0.05, 0) is 38.5 Å². The lowest BCUT2D eigenvalue weighted by Crippen LogP contribution is -2.47. The van der Waals surface area contributed by atoms with Gasteiger partial charge in [-0.3, -0.25) is 0 Å². The first kappa shape index (κ1) is 23.1. The zero-order valence-electron chi connectivity index (χ0n) is 18.4. The Bertz CT molecular complexity index is 497. The minimum Gasteiger partial charge on any atom is -0.451 e. The lowest BCUT2D eigenvalue weighted by molar-refractivity contribution is -0.198. The van der Waals surface area contributed by atoms with Gasteiger partial charge in [-0.25, -0.2) is 9.59 Å². The van der Waals surface area contributed by atoms with Gasteiger partial charge < -0.3 is 18.9 Å². The van der Waals surface area contributed by atoms with E-state index >= 15 is 0 Å². The molecule has 6 heteroatoms. The van der Waals surface area contributed by atoms with E-state index in [0.29, 0.717) is 50.7 Å². The minimum absolute atomic E-state index is 0.0485. The molecule has 4 atom stereocenters. The second kappa shape index (κ2) is 9.57. The van der Waals surface area contributed by atoms with Gasteiger partial charge in [0.25, 0.3) is 0 Å². The van der Waals surface area contributed by atoms with Crippen LogP contribution in [0.2, 0.25) is 0 Å². The Hall–Kier alpha value is -1.14. The molecule has 2 rings (SSSR count). The molecule has 0 N–H and O–H groups in total. The summed E-state index contributed by atoms with van der Waals surface area (Å²) < 4.78 is 22.8. The van der Waals surface area contributed by atoms with Gasteiger partial charge in [-0.1, -0.05) is 27.7 Å². The fourth-order valence-corrected chi connectivity index (χ4v) is 4.24. The number of carbonyl (C=O) groups is 2. The first-order valence-electron chi connectivity index (χ1n) is 10.7. The van der Waals surface area contributed by atoms with Crippen LogP contribution < -0.4 is 0 Å². The molecule has 0 amide bonds. The Morgan fingerprint density at radius 1 is 0.821 bits per heavy atom. The third-order valence-electron chi connectivity index (χ3n) is 5.60. The van der Waals surface area contributed by atoms with E-state index in [4.69, 9.17) is 18.9 Å². The molecule has 0 saturated carbocycles. The molecule has 2 saturated heterocycles. The highest BCUT2D eigenvalue weighted by Gasteiger charge is 2.42. The number of rotatable bonds is 6. The van der Waals surface area contributed by atoms with Crippen molar-refractivity contribution in [2.75, 3.05) is 13.2 Å². The monoisotopic (exact) mass is 398 g/mol. The summed E-state index contributed by atoms with van der Waals surface area (Å²) in [6, 6.07) is 0. The van der Waals surface area contributed by atoms with Gasteiger partial charge >= 0.3 is 11.9 Å². The molecule has 4 unspecified atom stereocenters. The van der Waals surface area contributed by atoms with Crippen molar-refractivity contribution in [2.45, 2.75) is 103 Å². The average Bonchev–Trinajstić information content (AvgIpc) is 2.52. The van der Waals surface area contributed by atoms with Crippen molar-refractivity contribution in [3.63, 3.8) is 0 Å². The average molecular weight is 399 g/mol. The number of hydrogen-bond acceptors (Lipinski definition) is 6. The van der Waals surface area contributed by atoms with E-state index in [9.17, 15) is 9.59 Å². The molecule has 0 spiro atoms. The molecule has 2 aliphatic heterocycles. The van der Waals surface area contributed by atoms with Crippen molar-refractivity contribution in [1.29, 1.82) is 0 Å². The molecule has 6 nitrogen and oxygen atoms in total. The van der Waals surface area contributed by atoms with Gasteiger partial charge in [0.15, 0.2) is 0 Å². The summed E-state index contributed by atoms with van der Waals surface area (Å²) in [6.45, 7) is 13.4. The summed E-state index contributed by atoms with van der Waals surface area (Å²) in [5.74, 6) is -0.804. The minimum atomic E-state index is -0.902. The Balaban J connectivity index is 1.90. The predicted molar refractivity (Wildman–Crippen MR) is 106 cm³/mol. The number of ether oxygens (including phenoxy) is 4. The van der Waals surface area contributed by atoms with Crippen molar-refractivity contribution >= 4 is 11.9 Å². The van der Waals surface area contributed by atoms with E-state index in [2.05, 4.69) is 27.7 Å². The van der Waals surface area contributed by atoms with Gasteiger partial charge in [0.2, 0.25) is 0 Å².